The average molecular weight is 444 g/mol. The number of rotatable bonds is 8. The molecule has 0 aliphatic carbocycles. The number of benzene rings is 1. The zero-order chi connectivity index (χ0) is 21.8. The van der Waals surface area contributed by atoms with E-state index < -0.39 is 10.0 Å². The van der Waals surface area contributed by atoms with Gasteiger partial charge in [-0.15, -0.1) is 0 Å². The van der Waals surface area contributed by atoms with E-state index in [0.29, 0.717) is 38.4 Å². The predicted octanol–water partition coefficient (Wildman–Crippen LogP) is 2.71. The maximum absolute atomic E-state index is 13.0. The van der Waals surface area contributed by atoms with Crippen molar-refractivity contribution in [1.29, 1.82) is 0 Å². The maximum atomic E-state index is 13.0. The Labute approximate surface area is 183 Å². The molecule has 1 aliphatic heterocycles. The molecule has 9 heteroatoms. The quantitative estimate of drug-likeness (QED) is 0.576. The number of nitrogens with zero attached hydrogens (tertiary/aromatic N) is 4. The summed E-state index contributed by atoms with van der Waals surface area (Å²) in [5.74, 6) is 0.889. The lowest BCUT2D eigenvalue weighted by molar-refractivity contribution is 0.0730. The number of hydrogen-bond acceptors (Lipinski definition) is 6. The normalized spacial score (nSPS) is 16.6. The van der Waals surface area contributed by atoms with Crippen molar-refractivity contribution < 1.29 is 13.2 Å². The van der Waals surface area contributed by atoms with Gasteiger partial charge in [-0.05, 0) is 43.7 Å². The molecule has 1 aliphatic rings. The number of morpholine rings is 1. The van der Waals surface area contributed by atoms with E-state index >= 15 is 0 Å². The van der Waals surface area contributed by atoms with Crippen LogP contribution in [0.4, 0.5) is 0 Å². The van der Waals surface area contributed by atoms with Crippen molar-refractivity contribution in [3.05, 3.63) is 54.1 Å². The van der Waals surface area contributed by atoms with Gasteiger partial charge in [0.2, 0.25) is 10.0 Å². The topological polar surface area (TPSA) is 89.3 Å². The molecule has 1 fully saturated rings. The van der Waals surface area contributed by atoms with Gasteiger partial charge in [-0.25, -0.2) is 13.4 Å². The summed E-state index contributed by atoms with van der Waals surface area (Å²) in [7, 11) is -3.55. The largest absolute Gasteiger partial charge is 0.379 e. The predicted molar refractivity (Wildman–Crippen MR) is 119 cm³/mol. The van der Waals surface area contributed by atoms with Crippen LogP contribution in [0.3, 0.4) is 0 Å². The van der Waals surface area contributed by atoms with Gasteiger partial charge in [0.25, 0.3) is 0 Å². The van der Waals surface area contributed by atoms with Crippen LogP contribution in [0.1, 0.15) is 37.8 Å². The Kier molecular flexibility index (Phi) is 6.66. The molecule has 0 radical (unpaired) electrons. The molecule has 0 saturated carbocycles. The average Bonchev–Trinajstić information content (AvgIpc) is 3.15. The van der Waals surface area contributed by atoms with E-state index in [1.807, 2.05) is 24.3 Å². The number of pyridine rings is 1. The molecule has 0 amide bonds. The second-order valence-corrected chi connectivity index (χ2v) is 9.64. The Hall–Kier alpha value is -2.33. The molecule has 8 nitrogen and oxygen atoms in total. The van der Waals surface area contributed by atoms with Crippen LogP contribution in [-0.2, 0) is 27.8 Å². The Morgan fingerprint density at radius 2 is 2.00 bits per heavy atom. The van der Waals surface area contributed by atoms with E-state index in [-0.39, 0.29) is 10.9 Å². The second kappa shape index (κ2) is 9.44. The van der Waals surface area contributed by atoms with Gasteiger partial charge >= 0.3 is 0 Å². The fourth-order valence-corrected chi connectivity index (χ4v) is 5.27. The number of hydrogen-bond donors (Lipinski definition) is 1. The summed E-state index contributed by atoms with van der Waals surface area (Å²) in [6.45, 7) is 7.20. The van der Waals surface area contributed by atoms with Crippen LogP contribution in [0.15, 0.2) is 47.5 Å². The van der Waals surface area contributed by atoms with Crippen molar-refractivity contribution in [2.24, 2.45) is 0 Å². The molecule has 4 rings (SSSR count). The summed E-state index contributed by atoms with van der Waals surface area (Å²) in [6, 6.07) is 11.2. The molecule has 2 aromatic heterocycles. The highest BCUT2D eigenvalue weighted by molar-refractivity contribution is 7.89. The molecule has 1 atom stereocenters. The minimum atomic E-state index is -3.55. The number of nitrogens with one attached hydrogen (secondary N) is 1. The standard InChI is InChI=1S/C22H29N5O3S/c1-3-10-27-21-8-7-18(31(28,29)26-11-13-30-14-12-26)15-20(21)25-22(27)16-24-17(2)19-6-4-5-9-23-19/h4-9,15,17,24H,3,10-14,16H2,1-2H3. The van der Waals surface area contributed by atoms with Gasteiger partial charge < -0.3 is 14.6 Å². The fourth-order valence-electron chi connectivity index (χ4n) is 3.85. The summed E-state index contributed by atoms with van der Waals surface area (Å²) < 4.78 is 35.0. The first kappa shape index (κ1) is 21.9. The number of imidazole rings is 1. The van der Waals surface area contributed by atoms with Gasteiger partial charge in [0.05, 0.1) is 41.4 Å². The first-order valence-electron chi connectivity index (χ1n) is 10.7. The third-order valence-electron chi connectivity index (χ3n) is 5.55. The number of ether oxygens (including phenoxy) is 1. The molecule has 0 spiro atoms. The smallest absolute Gasteiger partial charge is 0.243 e. The van der Waals surface area contributed by atoms with E-state index in [1.54, 1.807) is 18.3 Å². The minimum absolute atomic E-state index is 0.0772. The molecular weight excluding hydrogens is 414 g/mol. The molecule has 3 aromatic rings. The van der Waals surface area contributed by atoms with Gasteiger partial charge in [-0.3, -0.25) is 4.98 Å². The van der Waals surface area contributed by atoms with E-state index in [1.165, 1.54) is 4.31 Å². The summed E-state index contributed by atoms with van der Waals surface area (Å²) in [5.41, 5.74) is 2.62. The number of aryl methyl sites for hydroxylation is 1. The van der Waals surface area contributed by atoms with Crippen molar-refractivity contribution in [3.63, 3.8) is 0 Å². The van der Waals surface area contributed by atoms with Gasteiger partial charge in [0.15, 0.2) is 0 Å². The summed E-state index contributed by atoms with van der Waals surface area (Å²) in [4.78, 5) is 9.48. The van der Waals surface area contributed by atoms with E-state index in [2.05, 4.69) is 28.7 Å². The highest BCUT2D eigenvalue weighted by Gasteiger charge is 2.27. The van der Waals surface area contributed by atoms with Gasteiger partial charge in [-0.2, -0.15) is 4.31 Å². The molecule has 0 bridgehead atoms. The summed E-state index contributed by atoms with van der Waals surface area (Å²) in [5, 5.41) is 3.49. The molecule has 3 heterocycles. The first-order chi connectivity index (χ1) is 15.0. The molecule has 1 N–H and O–H groups in total. The monoisotopic (exact) mass is 443 g/mol. The third-order valence-corrected chi connectivity index (χ3v) is 7.45. The highest BCUT2D eigenvalue weighted by Crippen LogP contribution is 2.24. The van der Waals surface area contributed by atoms with Crippen molar-refractivity contribution in [2.45, 2.75) is 44.3 Å². The van der Waals surface area contributed by atoms with Crippen LogP contribution in [0.25, 0.3) is 11.0 Å². The van der Waals surface area contributed by atoms with Crippen molar-refractivity contribution in [1.82, 2.24) is 24.2 Å². The van der Waals surface area contributed by atoms with Crippen molar-refractivity contribution in [3.8, 4) is 0 Å². The van der Waals surface area contributed by atoms with Crippen LogP contribution in [0.5, 0.6) is 0 Å². The van der Waals surface area contributed by atoms with E-state index in [9.17, 15) is 8.42 Å². The molecule has 166 valence electrons. The van der Waals surface area contributed by atoms with Crippen LogP contribution < -0.4 is 5.32 Å². The van der Waals surface area contributed by atoms with Crippen LogP contribution >= 0.6 is 0 Å². The maximum Gasteiger partial charge on any atom is 0.243 e. The SMILES string of the molecule is CCCn1c(CNC(C)c2ccccn2)nc2cc(S(=O)(=O)N3CCOCC3)ccc21. The van der Waals surface area contributed by atoms with Crippen molar-refractivity contribution in [2.75, 3.05) is 26.3 Å². The fraction of sp³-hybridized carbons (Fsp3) is 0.455. The lowest BCUT2D eigenvalue weighted by Gasteiger charge is -2.26. The zero-order valence-electron chi connectivity index (χ0n) is 18.0. The Morgan fingerprint density at radius 3 is 2.71 bits per heavy atom. The first-order valence-corrected chi connectivity index (χ1v) is 12.2. The van der Waals surface area contributed by atoms with Crippen LogP contribution in [-0.4, -0.2) is 53.6 Å². The summed E-state index contributed by atoms with van der Waals surface area (Å²) >= 11 is 0. The molecule has 31 heavy (non-hydrogen) atoms. The van der Waals surface area contributed by atoms with Gasteiger partial charge in [0.1, 0.15) is 5.82 Å². The lowest BCUT2D eigenvalue weighted by atomic mass is 10.2. The highest BCUT2D eigenvalue weighted by atomic mass is 32.2. The number of fused-ring (bicyclic) bond motifs is 1. The van der Waals surface area contributed by atoms with Gasteiger partial charge in [0, 0.05) is 31.9 Å². The molecule has 1 unspecified atom stereocenters. The van der Waals surface area contributed by atoms with Gasteiger partial charge in [-0.1, -0.05) is 13.0 Å². The molecule has 1 saturated heterocycles. The minimum Gasteiger partial charge on any atom is -0.379 e. The third kappa shape index (κ3) is 4.64. The Morgan fingerprint density at radius 1 is 1.19 bits per heavy atom. The number of aromatic nitrogens is 3. The zero-order valence-corrected chi connectivity index (χ0v) is 18.8. The van der Waals surface area contributed by atoms with Crippen LogP contribution in [0, 0.1) is 0 Å². The van der Waals surface area contributed by atoms with E-state index in [0.717, 1.165) is 30.0 Å². The van der Waals surface area contributed by atoms with Crippen molar-refractivity contribution >= 4 is 21.1 Å². The molecule has 1 aromatic carbocycles. The van der Waals surface area contributed by atoms with E-state index in [4.69, 9.17) is 9.72 Å². The van der Waals surface area contributed by atoms with Crippen LogP contribution in [0.2, 0.25) is 0 Å². The number of sulfonamides is 1. The summed E-state index contributed by atoms with van der Waals surface area (Å²) in [6.07, 6.45) is 2.75. The Bertz CT molecular complexity index is 1120. The Balaban J connectivity index is 1.61. The lowest BCUT2D eigenvalue weighted by Crippen LogP contribution is -2.40. The second-order valence-electron chi connectivity index (χ2n) is 7.70. The molecular formula is C22H29N5O3S.